The van der Waals surface area contributed by atoms with Crippen molar-refractivity contribution in [3.05, 3.63) is 231 Å². The van der Waals surface area contributed by atoms with Gasteiger partial charge in [0.25, 0.3) is 0 Å². The van der Waals surface area contributed by atoms with Gasteiger partial charge in [0.05, 0.1) is 0 Å². The second-order valence-electron chi connectivity index (χ2n) is 24.0. The summed E-state index contributed by atoms with van der Waals surface area (Å²) in [5, 5.41) is 0. The zero-order valence-electron chi connectivity index (χ0n) is 44.4. The van der Waals surface area contributed by atoms with Crippen molar-refractivity contribution in [3.8, 4) is 0 Å². The van der Waals surface area contributed by atoms with E-state index in [1.54, 1.807) is 0 Å². The average Bonchev–Trinajstić information content (AvgIpc) is 3.24. The molecular formula is C66H81Ni. The Bertz CT molecular complexity index is 2000. The van der Waals surface area contributed by atoms with Crippen LogP contribution in [0, 0.1) is 18.2 Å². The number of benzene rings is 6. The molecule has 0 fully saturated rings. The molecule has 6 aromatic carbocycles. The molecule has 0 aliphatic carbocycles. The third-order valence-corrected chi connectivity index (χ3v) is 11.8. The SMILES string of the molecule is CC(C)(C)c1ccc([C-]=Cc2ccc(C(C)(C)C)cc2)cc1.CC(C)(C)c1ccc([C-]=Cc2ccc(C(C)(C)C)cc2)cc1.CC(C)(C)c1ccc([C-]=Cc2ccc(C(C)(C)C)cc2)cc1.[Ni+3]. The molecule has 0 atom stereocenters. The first-order valence-electron chi connectivity index (χ1n) is 23.9. The van der Waals surface area contributed by atoms with Crippen LogP contribution >= 0.6 is 0 Å². The summed E-state index contributed by atoms with van der Waals surface area (Å²) in [5.41, 5.74) is 16.3. The van der Waals surface area contributed by atoms with Crippen LogP contribution < -0.4 is 0 Å². The Labute approximate surface area is 420 Å². The predicted molar refractivity (Wildman–Crippen MR) is 291 cm³/mol. The van der Waals surface area contributed by atoms with Crippen molar-refractivity contribution in [2.24, 2.45) is 0 Å². The van der Waals surface area contributed by atoms with Gasteiger partial charge in [-0.15, -0.1) is 126 Å². The topological polar surface area (TPSA) is 0 Å². The molecule has 0 saturated carbocycles. The molecule has 0 spiro atoms. The quantitative estimate of drug-likeness (QED) is 0.0887. The molecule has 0 heterocycles. The van der Waals surface area contributed by atoms with Crippen LogP contribution in [-0.2, 0) is 49.0 Å². The van der Waals surface area contributed by atoms with Crippen LogP contribution in [0.4, 0.5) is 0 Å². The Morgan fingerprint density at radius 3 is 0.493 bits per heavy atom. The van der Waals surface area contributed by atoms with E-state index in [2.05, 4.69) is 307 Å². The van der Waals surface area contributed by atoms with Gasteiger partial charge in [-0.3, -0.25) is 0 Å². The van der Waals surface area contributed by atoms with Crippen LogP contribution in [-0.4, -0.2) is 0 Å². The van der Waals surface area contributed by atoms with Crippen LogP contribution in [0.25, 0.3) is 18.2 Å². The van der Waals surface area contributed by atoms with E-state index in [1.165, 1.54) is 50.1 Å². The molecule has 0 amide bonds. The van der Waals surface area contributed by atoms with E-state index >= 15 is 0 Å². The van der Waals surface area contributed by atoms with Gasteiger partial charge in [-0.1, -0.05) is 231 Å². The van der Waals surface area contributed by atoms with Gasteiger partial charge in [0.2, 0.25) is 0 Å². The summed E-state index contributed by atoms with van der Waals surface area (Å²) in [6, 6.07) is 52.2. The summed E-state index contributed by atoms with van der Waals surface area (Å²) in [7, 11) is 0. The smallest absolute Gasteiger partial charge is 0.150 e. The van der Waals surface area contributed by atoms with Crippen molar-refractivity contribution in [2.75, 3.05) is 0 Å². The summed E-state index contributed by atoms with van der Waals surface area (Å²) in [5.74, 6) is 0. The molecule has 67 heavy (non-hydrogen) atoms. The van der Waals surface area contributed by atoms with Crippen molar-refractivity contribution < 1.29 is 16.5 Å². The Hall–Kier alpha value is -4.97. The Morgan fingerprint density at radius 1 is 0.224 bits per heavy atom. The van der Waals surface area contributed by atoms with Crippen molar-refractivity contribution in [2.45, 2.75) is 157 Å². The maximum Gasteiger partial charge on any atom is 3.00 e. The maximum atomic E-state index is 3.37. The Kier molecular flexibility index (Phi) is 19.7. The normalized spacial score (nSPS) is 12.6. The molecule has 1 radical (unpaired) electrons. The molecular weight excluding hydrogens is 851 g/mol. The van der Waals surface area contributed by atoms with Gasteiger partial charge in [-0.05, 0) is 49.2 Å². The van der Waals surface area contributed by atoms with Crippen LogP contribution in [0.15, 0.2) is 146 Å². The molecule has 0 aliphatic rings. The first kappa shape index (κ1) is 56.4. The van der Waals surface area contributed by atoms with Gasteiger partial charge < -0.3 is 0 Å². The fourth-order valence-corrected chi connectivity index (χ4v) is 6.94. The van der Waals surface area contributed by atoms with Gasteiger partial charge in [-0.25, -0.2) is 0 Å². The van der Waals surface area contributed by atoms with Crippen molar-refractivity contribution in [1.29, 1.82) is 0 Å². The fourth-order valence-electron chi connectivity index (χ4n) is 6.94. The van der Waals surface area contributed by atoms with Gasteiger partial charge in [0.15, 0.2) is 0 Å². The van der Waals surface area contributed by atoms with Gasteiger partial charge in [0.1, 0.15) is 0 Å². The molecule has 0 aliphatic heterocycles. The zero-order chi connectivity index (χ0) is 49.1. The molecule has 0 nitrogen and oxygen atoms in total. The van der Waals surface area contributed by atoms with E-state index < -0.39 is 0 Å². The fraction of sp³-hybridized carbons (Fsp3) is 0.364. The number of hydrogen-bond donors (Lipinski definition) is 0. The second-order valence-corrected chi connectivity index (χ2v) is 24.0. The minimum absolute atomic E-state index is 0. The standard InChI is InChI=1S/3C22H27.Ni/c3*1-21(2,3)19-13-9-17(10-14-19)7-8-18-11-15-20(16-12-18)22(4,5)6;/h3*7,9-16H,1-6H3;/q3*-1;+3. The first-order chi connectivity index (χ1) is 30.5. The Balaban J connectivity index is 0.000000264. The van der Waals surface area contributed by atoms with Crippen LogP contribution in [0.5, 0.6) is 0 Å². The van der Waals surface area contributed by atoms with Gasteiger partial charge in [-0.2, -0.15) is 0 Å². The molecule has 0 aromatic heterocycles. The minimum atomic E-state index is 0. The van der Waals surface area contributed by atoms with Gasteiger partial charge in [0, 0.05) is 0 Å². The van der Waals surface area contributed by atoms with E-state index in [1.807, 2.05) is 0 Å². The number of rotatable bonds is 6. The van der Waals surface area contributed by atoms with E-state index in [4.69, 9.17) is 0 Å². The van der Waals surface area contributed by atoms with E-state index in [0.29, 0.717) is 0 Å². The second kappa shape index (κ2) is 23.4. The molecule has 6 rings (SSSR count). The summed E-state index contributed by atoms with van der Waals surface area (Å²) in [6.07, 6.45) is 16.3. The first-order valence-corrected chi connectivity index (χ1v) is 23.9. The van der Waals surface area contributed by atoms with Crippen molar-refractivity contribution in [3.63, 3.8) is 0 Å². The third-order valence-electron chi connectivity index (χ3n) is 11.8. The van der Waals surface area contributed by atoms with Crippen molar-refractivity contribution in [1.82, 2.24) is 0 Å². The Morgan fingerprint density at radius 2 is 0.358 bits per heavy atom. The van der Waals surface area contributed by atoms with Crippen LogP contribution in [0.2, 0.25) is 0 Å². The molecule has 0 N–H and O–H groups in total. The van der Waals surface area contributed by atoms with Crippen LogP contribution in [0.1, 0.15) is 191 Å². The summed E-state index contributed by atoms with van der Waals surface area (Å²) in [4.78, 5) is 0. The largest absolute Gasteiger partial charge is 3.00 e. The predicted octanol–water partition coefficient (Wildman–Crippen LogP) is 18.4. The summed E-state index contributed by atoms with van der Waals surface area (Å²) in [6.45, 7) is 40.2. The molecule has 355 valence electrons. The maximum absolute atomic E-state index is 3.37. The molecule has 1 heteroatoms. The van der Waals surface area contributed by atoms with E-state index in [9.17, 15) is 0 Å². The molecule has 0 saturated heterocycles. The third kappa shape index (κ3) is 18.9. The minimum Gasteiger partial charge on any atom is -0.150 e. The molecule has 0 unspecified atom stereocenters. The van der Waals surface area contributed by atoms with E-state index in [-0.39, 0.29) is 49.0 Å². The molecule has 6 aromatic rings. The zero-order valence-corrected chi connectivity index (χ0v) is 45.4. The van der Waals surface area contributed by atoms with E-state index in [0.717, 1.165) is 16.7 Å². The molecule has 0 bridgehead atoms. The van der Waals surface area contributed by atoms with Gasteiger partial charge >= 0.3 is 16.5 Å². The van der Waals surface area contributed by atoms with Crippen LogP contribution in [0.3, 0.4) is 0 Å². The average molecular weight is 933 g/mol. The monoisotopic (exact) mass is 932 g/mol. The summed E-state index contributed by atoms with van der Waals surface area (Å²) < 4.78 is 0. The van der Waals surface area contributed by atoms with Crippen molar-refractivity contribution >= 4 is 18.2 Å². The number of hydrogen-bond acceptors (Lipinski definition) is 0. The summed E-state index contributed by atoms with van der Waals surface area (Å²) >= 11 is 0.